The Morgan fingerprint density at radius 2 is 1.91 bits per heavy atom. The number of halogens is 1. The average Bonchev–Trinajstić information content (AvgIpc) is 3.12. The molecule has 34 heavy (non-hydrogen) atoms. The second-order valence-corrected chi connectivity index (χ2v) is 9.98. The second-order valence-electron chi connectivity index (χ2n) is 7.80. The molecule has 178 valence electrons. The summed E-state index contributed by atoms with van der Waals surface area (Å²) in [4.78, 5) is 20.3. The number of rotatable bonds is 8. The first kappa shape index (κ1) is 23.5. The molecule has 0 amide bonds. The van der Waals surface area contributed by atoms with Gasteiger partial charge in [-0.15, -0.1) is 0 Å². The summed E-state index contributed by atoms with van der Waals surface area (Å²) in [6, 6.07) is 13.7. The monoisotopic (exact) mass is 485 g/mol. The van der Waals surface area contributed by atoms with Gasteiger partial charge in [0.2, 0.25) is 0 Å². The molecule has 0 aliphatic rings. The predicted molar refractivity (Wildman–Crippen MR) is 128 cm³/mol. The van der Waals surface area contributed by atoms with Crippen LogP contribution in [0.5, 0.6) is 11.6 Å². The summed E-state index contributed by atoms with van der Waals surface area (Å²) in [7, 11) is -2.04. The number of fused-ring (bicyclic) bond motifs is 1. The highest BCUT2D eigenvalue weighted by Crippen LogP contribution is 2.31. The number of sulfone groups is 1. The maximum atomic E-state index is 14.3. The van der Waals surface area contributed by atoms with E-state index in [1.807, 2.05) is 0 Å². The highest BCUT2D eigenvalue weighted by Gasteiger charge is 2.26. The van der Waals surface area contributed by atoms with Crippen LogP contribution in [0.4, 0.5) is 4.39 Å². The van der Waals surface area contributed by atoms with Crippen molar-refractivity contribution >= 4 is 20.9 Å². The Labute approximate surface area is 195 Å². The van der Waals surface area contributed by atoms with Crippen LogP contribution in [0.1, 0.15) is 18.7 Å². The minimum absolute atomic E-state index is 0.204. The Morgan fingerprint density at radius 3 is 2.59 bits per heavy atom. The average molecular weight is 486 g/mol. The van der Waals surface area contributed by atoms with E-state index in [4.69, 9.17) is 9.47 Å². The molecule has 0 spiro atoms. The molecule has 0 bridgehead atoms. The largest absolute Gasteiger partial charge is 0.491 e. The predicted octanol–water partition coefficient (Wildman–Crippen LogP) is 3.57. The lowest BCUT2D eigenvalue weighted by atomic mass is 10.0. The van der Waals surface area contributed by atoms with E-state index < -0.39 is 21.6 Å². The number of nitrogens with zero attached hydrogens (tertiary/aromatic N) is 2. The molecule has 1 atom stereocenters. The number of hydrogen-bond acceptors (Lipinski definition) is 6. The zero-order chi connectivity index (χ0) is 24.5. The van der Waals surface area contributed by atoms with Crippen LogP contribution in [0, 0.1) is 5.82 Å². The summed E-state index contributed by atoms with van der Waals surface area (Å²) in [6.07, 6.45) is 1.10. The Kier molecular flexibility index (Phi) is 6.43. The first-order valence-electron chi connectivity index (χ1n) is 10.6. The van der Waals surface area contributed by atoms with E-state index in [1.54, 1.807) is 55.5 Å². The number of methoxy groups -OCH3 is 1. The van der Waals surface area contributed by atoms with Crippen molar-refractivity contribution in [3.8, 4) is 22.8 Å². The molecular weight excluding hydrogens is 461 g/mol. The van der Waals surface area contributed by atoms with Crippen LogP contribution in [0.15, 0.2) is 59.4 Å². The zero-order valence-electron chi connectivity index (χ0n) is 18.9. The summed E-state index contributed by atoms with van der Waals surface area (Å²) >= 11 is 0. The molecule has 4 aromatic rings. The molecule has 10 heteroatoms. The fraction of sp³-hybridized carbons (Fsp3) is 0.250. The topological polar surface area (TPSA) is 103 Å². The van der Waals surface area contributed by atoms with Gasteiger partial charge in [-0.05, 0) is 42.8 Å². The molecule has 1 N–H and O–H groups in total. The van der Waals surface area contributed by atoms with Crippen LogP contribution >= 0.6 is 0 Å². The van der Waals surface area contributed by atoms with Crippen molar-refractivity contribution in [3.63, 3.8) is 0 Å². The number of imidazole rings is 1. The van der Waals surface area contributed by atoms with Gasteiger partial charge in [0.25, 0.3) is 5.88 Å². The van der Waals surface area contributed by atoms with Crippen molar-refractivity contribution in [1.82, 2.24) is 14.5 Å². The van der Waals surface area contributed by atoms with Crippen LogP contribution in [-0.2, 0) is 9.84 Å². The lowest BCUT2D eigenvalue weighted by molar-refractivity contribution is 0.296. The summed E-state index contributed by atoms with van der Waals surface area (Å²) in [6.45, 7) is 2.12. The lowest BCUT2D eigenvalue weighted by Gasteiger charge is -2.19. The minimum Gasteiger partial charge on any atom is -0.491 e. The van der Waals surface area contributed by atoms with Crippen LogP contribution in [-0.4, -0.2) is 48.7 Å². The zero-order valence-corrected chi connectivity index (χ0v) is 19.7. The van der Waals surface area contributed by atoms with Gasteiger partial charge in [0.05, 0.1) is 42.2 Å². The van der Waals surface area contributed by atoms with Gasteiger partial charge in [0, 0.05) is 11.8 Å². The molecule has 2 aromatic carbocycles. The first-order valence-corrected chi connectivity index (χ1v) is 12.6. The maximum Gasteiger partial charge on any atom is 0.327 e. The van der Waals surface area contributed by atoms with Crippen molar-refractivity contribution < 1.29 is 22.3 Å². The molecule has 0 unspecified atom stereocenters. The molecule has 4 rings (SSSR count). The van der Waals surface area contributed by atoms with Crippen LogP contribution in [0.3, 0.4) is 0 Å². The summed E-state index contributed by atoms with van der Waals surface area (Å²) in [5.41, 5.74) is 1.71. The molecule has 0 aliphatic carbocycles. The van der Waals surface area contributed by atoms with Gasteiger partial charge in [-0.2, -0.15) is 0 Å². The van der Waals surface area contributed by atoms with E-state index in [9.17, 15) is 17.6 Å². The van der Waals surface area contributed by atoms with E-state index in [2.05, 4.69) is 9.97 Å². The van der Waals surface area contributed by atoms with Gasteiger partial charge < -0.3 is 14.5 Å². The standard InChI is InChI=1S/C24H24FN3O5S/c1-4-33-23-22(32-2)12-10-18(26-23)21(14-34(3,30)31)28-20-11-9-15(13-19(20)27-24(28)29)16-7-5-6-8-17(16)25/h5-13,21H,4,14H2,1-3H3,(H,27,29)/t21-/m0/s1. The molecule has 0 aliphatic heterocycles. The highest BCUT2D eigenvalue weighted by molar-refractivity contribution is 7.90. The van der Waals surface area contributed by atoms with Gasteiger partial charge >= 0.3 is 5.69 Å². The second kappa shape index (κ2) is 9.30. The van der Waals surface area contributed by atoms with Crippen molar-refractivity contribution in [2.45, 2.75) is 13.0 Å². The number of hydrogen-bond donors (Lipinski definition) is 1. The third-order valence-corrected chi connectivity index (χ3v) is 6.28. The Morgan fingerprint density at radius 1 is 1.15 bits per heavy atom. The van der Waals surface area contributed by atoms with Crippen molar-refractivity contribution in [2.24, 2.45) is 0 Å². The van der Waals surface area contributed by atoms with Gasteiger partial charge in [-0.1, -0.05) is 24.3 Å². The van der Waals surface area contributed by atoms with E-state index in [-0.39, 0.29) is 17.5 Å². The van der Waals surface area contributed by atoms with E-state index in [0.29, 0.717) is 40.2 Å². The van der Waals surface area contributed by atoms with Crippen LogP contribution < -0.4 is 15.2 Å². The smallest absolute Gasteiger partial charge is 0.327 e. The Balaban J connectivity index is 1.89. The van der Waals surface area contributed by atoms with Gasteiger partial charge in [-0.25, -0.2) is 22.6 Å². The Bertz CT molecular complexity index is 1510. The number of aromatic amines is 1. The fourth-order valence-electron chi connectivity index (χ4n) is 3.91. The third-order valence-electron chi connectivity index (χ3n) is 5.36. The number of benzene rings is 2. The minimum atomic E-state index is -3.52. The van der Waals surface area contributed by atoms with Crippen molar-refractivity contribution in [1.29, 1.82) is 0 Å². The van der Waals surface area contributed by atoms with Gasteiger partial charge in [0.1, 0.15) is 15.7 Å². The molecule has 0 radical (unpaired) electrons. The first-order chi connectivity index (χ1) is 16.2. The SMILES string of the molecule is CCOc1nc([C@H](CS(C)(=O)=O)n2c(=O)[nH]c3cc(-c4ccccc4F)ccc32)ccc1OC. The van der Waals surface area contributed by atoms with E-state index >= 15 is 0 Å². The van der Waals surface area contributed by atoms with Crippen molar-refractivity contribution in [3.05, 3.63) is 76.6 Å². The van der Waals surface area contributed by atoms with Crippen LogP contribution in [0.2, 0.25) is 0 Å². The van der Waals surface area contributed by atoms with Crippen molar-refractivity contribution in [2.75, 3.05) is 25.7 Å². The normalized spacial score (nSPS) is 12.6. The van der Waals surface area contributed by atoms with E-state index in [1.165, 1.54) is 17.7 Å². The lowest BCUT2D eigenvalue weighted by Crippen LogP contribution is -2.29. The molecule has 2 heterocycles. The highest BCUT2D eigenvalue weighted by atomic mass is 32.2. The van der Waals surface area contributed by atoms with Crippen LogP contribution in [0.25, 0.3) is 22.2 Å². The summed E-state index contributed by atoms with van der Waals surface area (Å²) in [5, 5.41) is 0. The molecular formula is C24H24FN3O5S. The third kappa shape index (κ3) is 4.67. The molecule has 8 nitrogen and oxygen atoms in total. The van der Waals surface area contributed by atoms with E-state index in [0.717, 1.165) is 6.26 Å². The Hall–Kier alpha value is -3.66. The number of aromatic nitrogens is 3. The summed E-state index contributed by atoms with van der Waals surface area (Å²) < 4.78 is 51.1. The fourth-order valence-corrected chi connectivity index (χ4v) is 4.80. The maximum absolute atomic E-state index is 14.3. The van der Waals surface area contributed by atoms with Gasteiger partial charge in [0.15, 0.2) is 5.75 Å². The molecule has 0 saturated carbocycles. The molecule has 0 saturated heterocycles. The number of H-pyrrole nitrogens is 1. The van der Waals surface area contributed by atoms with Gasteiger partial charge in [-0.3, -0.25) is 4.57 Å². The number of ether oxygens (including phenoxy) is 2. The number of nitrogens with one attached hydrogen (secondary N) is 1. The number of pyridine rings is 1. The molecule has 2 aromatic heterocycles. The summed E-state index contributed by atoms with van der Waals surface area (Å²) in [5.74, 6) is -0.149. The molecule has 0 fully saturated rings. The quantitative estimate of drug-likeness (QED) is 0.409.